The second-order valence-corrected chi connectivity index (χ2v) is 14.0. The Kier molecular flexibility index (Phi) is 9.06. The van der Waals surface area contributed by atoms with Gasteiger partial charge in [-0.1, -0.05) is 41.9 Å². The molecule has 0 unspecified atom stereocenters. The molecule has 0 N–H and O–H groups in total. The molecule has 45 heavy (non-hydrogen) atoms. The lowest BCUT2D eigenvalue weighted by molar-refractivity contribution is 0.0192. The van der Waals surface area contributed by atoms with Gasteiger partial charge >= 0.3 is 12.1 Å². The Morgan fingerprint density at radius 2 is 1.56 bits per heavy atom. The minimum absolute atomic E-state index is 0.0452. The number of halogens is 1. The highest BCUT2D eigenvalue weighted by Gasteiger charge is 2.32. The van der Waals surface area contributed by atoms with Crippen molar-refractivity contribution in [3.63, 3.8) is 0 Å². The lowest BCUT2D eigenvalue weighted by Gasteiger charge is -2.35. The molecule has 5 rings (SSSR count). The van der Waals surface area contributed by atoms with Gasteiger partial charge in [-0.2, -0.15) is 4.31 Å². The van der Waals surface area contributed by atoms with E-state index in [1.807, 2.05) is 30.3 Å². The van der Waals surface area contributed by atoms with Crippen molar-refractivity contribution in [2.24, 2.45) is 0 Å². The number of ether oxygens (including phenoxy) is 2. The molecule has 1 aromatic heterocycles. The number of esters is 1. The Balaban J connectivity index is 1.46. The number of para-hydroxylation sites is 1. The van der Waals surface area contributed by atoms with E-state index < -0.39 is 27.7 Å². The predicted octanol–water partition coefficient (Wildman–Crippen LogP) is 5.26. The average Bonchev–Trinajstić information content (AvgIpc) is 3.01. The van der Waals surface area contributed by atoms with E-state index in [9.17, 15) is 22.8 Å². The van der Waals surface area contributed by atoms with Crippen LogP contribution >= 0.6 is 11.6 Å². The third kappa shape index (κ3) is 6.75. The number of methoxy groups -OCH3 is 1. The molecule has 0 saturated carbocycles. The molecular formula is C33H34ClN3O7S. The number of hydrogen-bond donors (Lipinski definition) is 0. The van der Waals surface area contributed by atoms with Crippen molar-refractivity contribution in [1.82, 2.24) is 13.8 Å². The number of rotatable bonds is 6. The normalized spacial score (nSPS) is 14.4. The summed E-state index contributed by atoms with van der Waals surface area (Å²) in [6, 6.07) is 20.2. The molecule has 0 bridgehead atoms. The first-order valence-electron chi connectivity index (χ1n) is 14.4. The second kappa shape index (κ2) is 12.7. The molecule has 0 aliphatic carbocycles. The van der Waals surface area contributed by atoms with Crippen molar-refractivity contribution in [3.8, 4) is 5.69 Å². The third-order valence-corrected chi connectivity index (χ3v) is 9.60. The fraction of sp³-hybridized carbons (Fsp3) is 0.303. The highest BCUT2D eigenvalue weighted by Crippen LogP contribution is 2.27. The minimum Gasteiger partial charge on any atom is -0.464 e. The Morgan fingerprint density at radius 1 is 0.911 bits per heavy atom. The Bertz CT molecular complexity index is 1910. The number of carbonyl (C=O) groups is 2. The van der Waals surface area contributed by atoms with Crippen molar-refractivity contribution in [3.05, 3.63) is 105 Å². The number of pyridine rings is 1. The van der Waals surface area contributed by atoms with Gasteiger partial charge in [0.05, 0.1) is 17.5 Å². The van der Waals surface area contributed by atoms with Gasteiger partial charge in [0.1, 0.15) is 11.3 Å². The maximum Gasteiger partial charge on any atom is 0.410 e. The molecule has 4 aromatic rings. The average molecular weight is 652 g/mol. The SMILES string of the molecule is COC(=O)c1c(Cc2ccc(S(=O)(=O)N3CCN(C(=O)OC(C)(C)C)CC3)cc2)c(=O)c2ccc(Cl)cc2n1-c1ccccc1. The fourth-order valence-corrected chi connectivity index (χ4v) is 6.89. The van der Waals surface area contributed by atoms with E-state index in [4.69, 9.17) is 21.1 Å². The quantitative estimate of drug-likeness (QED) is 0.261. The van der Waals surface area contributed by atoms with Crippen LogP contribution in [0.5, 0.6) is 0 Å². The van der Waals surface area contributed by atoms with Gasteiger partial charge in [-0.15, -0.1) is 0 Å². The van der Waals surface area contributed by atoms with Gasteiger partial charge in [0.2, 0.25) is 10.0 Å². The molecule has 1 aliphatic rings. The van der Waals surface area contributed by atoms with Crippen molar-refractivity contribution in [2.45, 2.75) is 37.7 Å². The van der Waals surface area contributed by atoms with Crippen molar-refractivity contribution < 1.29 is 27.5 Å². The summed E-state index contributed by atoms with van der Waals surface area (Å²) in [5.74, 6) is -0.697. The van der Waals surface area contributed by atoms with Crippen LogP contribution in [-0.4, -0.2) is 73.1 Å². The van der Waals surface area contributed by atoms with Crippen LogP contribution in [0.15, 0.2) is 82.5 Å². The standard InChI is InChI=1S/C33H34ClN3O7S/c1-33(2,3)44-32(40)35-16-18-36(19-17-35)45(41,42)25-13-10-22(11-14-25)20-27-29(31(39)43-4)37(24-8-6-5-7-9-24)28-21-23(34)12-15-26(28)30(27)38/h5-15,21H,16-20H2,1-4H3. The number of sulfonamides is 1. The zero-order valence-electron chi connectivity index (χ0n) is 25.4. The van der Waals surface area contributed by atoms with E-state index in [1.165, 1.54) is 28.4 Å². The number of nitrogens with zero attached hydrogens (tertiary/aromatic N) is 3. The smallest absolute Gasteiger partial charge is 0.410 e. The molecule has 12 heteroatoms. The number of piperazine rings is 1. The maximum atomic E-state index is 13.8. The first-order chi connectivity index (χ1) is 21.3. The van der Waals surface area contributed by atoms with Crippen LogP contribution in [0, 0.1) is 0 Å². The molecule has 0 spiro atoms. The molecule has 2 heterocycles. The summed E-state index contributed by atoms with van der Waals surface area (Å²) in [5, 5.41) is 0.772. The van der Waals surface area contributed by atoms with Gasteiger partial charge in [0.15, 0.2) is 5.43 Å². The maximum absolute atomic E-state index is 13.8. The molecule has 1 fully saturated rings. The van der Waals surface area contributed by atoms with E-state index >= 15 is 0 Å². The Morgan fingerprint density at radius 3 is 2.16 bits per heavy atom. The van der Waals surface area contributed by atoms with Crippen LogP contribution in [0.2, 0.25) is 5.02 Å². The second-order valence-electron chi connectivity index (χ2n) is 11.7. The zero-order valence-corrected chi connectivity index (χ0v) is 27.0. The lowest BCUT2D eigenvalue weighted by Crippen LogP contribution is -2.51. The summed E-state index contributed by atoms with van der Waals surface area (Å²) in [7, 11) is -2.59. The first kappa shape index (κ1) is 32.2. The van der Waals surface area contributed by atoms with E-state index in [0.717, 1.165) is 0 Å². The number of fused-ring (bicyclic) bond motifs is 1. The Hall–Kier alpha value is -4.19. The molecular weight excluding hydrogens is 618 g/mol. The van der Waals surface area contributed by atoms with Gasteiger partial charge in [0, 0.05) is 54.3 Å². The first-order valence-corrected chi connectivity index (χ1v) is 16.2. The van der Waals surface area contributed by atoms with Crippen LogP contribution in [0.3, 0.4) is 0 Å². The van der Waals surface area contributed by atoms with E-state index in [0.29, 0.717) is 27.2 Å². The monoisotopic (exact) mass is 651 g/mol. The van der Waals surface area contributed by atoms with Gasteiger partial charge in [0.25, 0.3) is 0 Å². The van der Waals surface area contributed by atoms with Gasteiger partial charge in [-0.3, -0.25) is 4.79 Å². The Labute approximate surface area is 266 Å². The highest BCUT2D eigenvalue weighted by molar-refractivity contribution is 7.89. The molecule has 3 aromatic carbocycles. The number of amides is 1. The topological polar surface area (TPSA) is 115 Å². The number of hydrogen-bond acceptors (Lipinski definition) is 7. The lowest BCUT2D eigenvalue weighted by atomic mass is 9.99. The van der Waals surface area contributed by atoms with E-state index in [2.05, 4.69) is 0 Å². The van der Waals surface area contributed by atoms with Crippen molar-refractivity contribution in [1.29, 1.82) is 0 Å². The van der Waals surface area contributed by atoms with Crippen LogP contribution in [-0.2, 0) is 25.9 Å². The third-order valence-electron chi connectivity index (χ3n) is 7.45. The minimum atomic E-state index is -3.84. The molecule has 1 aliphatic heterocycles. The predicted molar refractivity (Wildman–Crippen MR) is 172 cm³/mol. The van der Waals surface area contributed by atoms with Crippen LogP contribution in [0.4, 0.5) is 4.79 Å². The number of benzene rings is 3. The van der Waals surface area contributed by atoms with Crippen LogP contribution in [0.1, 0.15) is 42.4 Å². The molecule has 236 valence electrons. The summed E-state index contributed by atoms with van der Waals surface area (Å²) in [5.41, 5.74) is 0.982. The van der Waals surface area contributed by atoms with Gasteiger partial charge < -0.3 is 18.9 Å². The van der Waals surface area contributed by atoms with Crippen molar-refractivity contribution >= 4 is 44.6 Å². The summed E-state index contributed by atoms with van der Waals surface area (Å²) in [6.45, 7) is 6.02. The summed E-state index contributed by atoms with van der Waals surface area (Å²) >= 11 is 6.31. The van der Waals surface area contributed by atoms with Gasteiger partial charge in [-0.25, -0.2) is 18.0 Å². The summed E-state index contributed by atoms with van der Waals surface area (Å²) in [6.07, 6.45) is -0.429. The molecule has 0 radical (unpaired) electrons. The van der Waals surface area contributed by atoms with E-state index in [1.54, 1.807) is 55.7 Å². The summed E-state index contributed by atoms with van der Waals surface area (Å²) in [4.78, 5) is 41.1. The molecule has 1 saturated heterocycles. The fourth-order valence-electron chi connectivity index (χ4n) is 5.30. The largest absolute Gasteiger partial charge is 0.464 e. The molecule has 10 nitrogen and oxygen atoms in total. The van der Waals surface area contributed by atoms with Gasteiger partial charge in [-0.05, 0) is 68.8 Å². The zero-order chi connectivity index (χ0) is 32.5. The van der Waals surface area contributed by atoms with Crippen LogP contribution < -0.4 is 5.43 Å². The molecule has 0 atom stereocenters. The number of carbonyl (C=O) groups excluding carboxylic acids is 2. The molecule has 1 amide bonds. The van der Waals surface area contributed by atoms with Crippen molar-refractivity contribution in [2.75, 3.05) is 33.3 Å². The van der Waals surface area contributed by atoms with Crippen LogP contribution in [0.25, 0.3) is 16.6 Å². The van der Waals surface area contributed by atoms with E-state index in [-0.39, 0.29) is 54.2 Å². The summed E-state index contributed by atoms with van der Waals surface area (Å²) < 4.78 is 40.4. The number of aromatic nitrogens is 1. The highest BCUT2D eigenvalue weighted by atomic mass is 35.5.